The zero-order chi connectivity index (χ0) is 10.7. The van der Waals surface area contributed by atoms with Crippen molar-refractivity contribution in [3.63, 3.8) is 0 Å². The summed E-state index contributed by atoms with van der Waals surface area (Å²) in [4.78, 5) is 4.03. The molecule has 2 heterocycles. The molecule has 0 aromatic carbocycles. The maximum atomic E-state index is 4.03. The van der Waals surface area contributed by atoms with Gasteiger partial charge in [0, 0.05) is 26.0 Å². The number of hydrogen-bond donors (Lipinski definition) is 1. The maximum Gasteiger partial charge on any atom is 0.242 e. The Morgan fingerprint density at radius 2 is 2.33 bits per heavy atom. The van der Waals surface area contributed by atoms with Gasteiger partial charge in [0.1, 0.15) is 0 Å². The Kier molecular flexibility index (Phi) is 2.57. The summed E-state index contributed by atoms with van der Waals surface area (Å²) in [5, 5.41) is 14.3. The van der Waals surface area contributed by atoms with Crippen LogP contribution in [0.1, 0.15) is 11.1 Å². The summed E-state index contributed by atoms with van der Waals surface area (Å²) >= 11 is 0. The Morgan fingerprint density at radius 1 is 1.47 bits per heavy atom. The number of nitrogens with zero attached hydrogens (tertiary/aromatic N) is 5. The molecule has 0 atom stereocenters. The van der Waals surface area contributed by atoms with E-state index in [1.165, 1.54) is 5.56 Å². The van der Waals surface area contributed by atoms with Crippen molar-refractivity contribution in [1.82, 2.24) is 25.2 Å². The van der Waals surface area contributed by atoms with Crippen molar-refractivity contribution in [3.8, 4) is 0 Å². The average molecular weight is 204 g/mol. The lowest BCUT2D eigenvalue weighted by molar-refractivity contribution is 0.712. The molecule has 78 valence electrons. The Balaban J connectivity index is 2.06. The normalized spacial score (nSPS) is 10.3. The Hall–Kier alpha value is -1.98. The second-order valence-corrected chi connectivity index (χ2v) is 3.28. The molecule has 0 bridgehead atoms. The molecular weight excluding hydrogens is 192 g/mol. The zero-order valence-corrected chi connectivity index (χ0v) is 8.68. The molecule has 15 heavy (non-hydrogen) atoms. The van der Waals surface area contributed by atoms with E-state index in [9.17, 15) is 0 Å². The van der Waals surface area contributed by atoms with E-state index in [0.29, 0.717) is 12.5 Å². The predicted octanol–water partition coefficient (Wildman–Crippen LogP) is 0.526. The zero-order valence-electron chi connectivity index (χ0n) is 8.68. The Morgan fingerprint density at radius 3 is 3.00 bits per heavy atom. The van der Waals surface area contributed by atoms with Crippen LogP contribution in [-0.2, 0) is 13.6 Å². The van der Waals surface area contributed by atoms with Crippen molar-refractivity contribution in [2.24, 2.45) is 7.05 Å². The van der Waals surface area contributed by atoms with Gasteiger partial charge in [0.05, 0.1) is 0 Å². The predicted molar refractivity (Wildman–Crippen MR) is 55.1 cm³/mol. The topological polar surface area (TPSA) is 68.5 Å². The van der Waals surface area contributed by atoms with E-state index in [0.717, 1.165) is 5.56 Å². The number of aryl methyl sites for hydroxylation is 2. The molecule has 0 saturated carbocycles. The molecule has 2 aromatic rings. The first-order chi connectivity index (χ1) is 7.27. The van der Waals surface area contributed by atoms with Gasteiger partial charge in [-0.1, -0.05) is 5.10 Å². The number of nitrogens with one attached hydrogen (secondary N) is 1. The van der Waals surface area contributed by atoms with Crippen LogP contribution < -0.4 is 5.32 Å². The molecule has 0 unspecified atom stereocenters. The molecule has 2 rings (SSSR count). The van der Waals surface area contributed by atoms with E-state index >= 15 is 0 Å². The van der Waals surface area contributed by atoms with Gasteiger partial charge in [-0.25, -0.2) is 4.68 Å². The minimum Gasteiger partial charge on any atom is -0.349 e. The number of anilines is 1. The molecule has 0 aliphatic heterocycles. The number of pyridine rings is 1. The van der Waals surface area contributed by atoms with E-state index in [1.54, 1.807) is 17.9 Å². The first-order valence-corrected chi connectivity index (χ1v) is 4.63. The number of aromatic nitrogens is 5. The van der Waals surface area contributed by atoms with Gasteiger partial charge in [0.2, 0.25) is 5.95 Å². The standard InChI is InChI=1S/C9H12N6/c1-7-5-10-4-3-8(7)6-11-9-12-13-14-15(9)2/h3-5H,6H2,1-2H3,(H,11,12,14). The van der Waals surface area contributed by atoms with Crippen molar-refractivity contribution in [1.29, 1.82) is 0 Å². The minimum atomic E-state index is 0.659. The smallest absolute Gasteiger partial charge is 0.242 e. The van der Waals surface area contributed by atoms with Crippen LogP contribution in [0.2, 0.25) is 0 Å². The number of tetrazole rings is 1. The van der Waals surface area contributed by atoms with Crippen LogP contribution in [0.15, 0.2) is 18.5 Å². The molecule has 0 fully saturated rings. The summed E-state index contributed by atoms with van der Waals surface area (Å²) in [7, 11) is 1.79. The van der Waals surface area contributed by atoms with Crippen LogP contribution in [0.4, 0.5) is 5.95 Å². The summed E-state index contributed by atoms with van der Waals surface area (Å²) in [6.45, 7) is 2.72. The van der Waals surface area contributed by atoms with E-state index in [-0.39, 0.29) is 0 Å². The summed E-state index contributed by atoms with van der Waals surface area (Å²) in [5.41, 5.74) is 2.34. The highest BCUT2D eigenvalue weighted by atomic mass is 15.6. The second-order valence-electron chi connectivity index (χ2n) is 3.28. The van der Waals surface area contributed by atoms with Gasteiger partial charge in [0.25, 0.3) is 0 Å². The van der Waals surface area contributed by atoms with Crippen LogP contribution in [0.25, 0.3) is 0 Å². The lowest BCUT2D eigenvalue weighted by Gasteiger charge is -2.06. The van der Waals surface area contributed by atoms with Crippen LogP contribution in [0.3, 0.4) is 0 Å². The van der Waals surface area contributed by atoms with Crippen molar-refractivity contribution in [3.05, 3.63) is 29.6 Å². The van der Waals surface area contributed by atoms with Gasteiger partial charge in [0.15, 0.2) is 0 Å². The highest BCUT2D eigenvalue weighted by Gasteiger charge is 2.02. The molecule has 6 nitrogen and oxygen atoms in total. The van der Waals surface area contributed by atoms with Crippen LogP contribution in [0, 0.1) is 6.92 Å². The monoisotopic (exact) mass is 204 g/mol. The van der Waals surface area contributed by atoms with E-state index in [1.807, 2.05) is 19.2 Å². The molecule has 0 amide bonds. The molecular formula is C9H12N6. The molecule has 0 aliphatic carbocycles. The maximum absolute atomic E-state index is 4.03. The Labute approximate surface area is 87.3 Å². The highest BCUT2D eigenvalue weighted by molar-refractivity contribution is 5.28. The van der Waals surface area contributed by atoms with Crippen molar-refractivity contribution in [2.45, 2.75) is 13.5 Å². The fourth-order valence-electron chi connectivity index (χ4n) is 1.25. The van der Waals surface area contributed by atoms with E-state index < -0.39 is 0 Å². The van der Waals surface area contributed by atoms with Crippen molar-refractivity contribution >= 4 is 5.95 Å². The molecule has 0 spiro atoms. The summed E-state index contributed by atoms with van der Waals surface area (Å²) in [5.74, 6) is 0.659. The summed E-state index contributed by atoms with van der Waals surface area (Å²) in [6.07, 6.45) is 3.62. The fourth-order valence-corrected chi connectivity index (χ4v) is 1.25. The molecule has 0 aliphatic rings. The van der Waals surface area contributed by atoms with Crippen molar-refractivity contribution in [2.75, 3.05) is 5.32 Å². The first-order valence-electron chi connectivity index (χ1n) is 4.63. The molecule has 6 heteroatoms. The quantitative estimate of drug-likeness (QED) is 0.789. The van der Waals surface area contributed by atoms with Crippen LogP contribution in [-0.4, -0.2) is 25.2 Å². The van der Waals surface area contributed by atoms with Gasteiger partial charge in [-0.3, -0.25) is 4.98 Å². The van der Waals surface area contributed by atoms with E-state index in [2.05, 4.69) is 25.8 Å². The second kappa shape index (κ2) is 4.04. The average Bonchev–Trinajstić information content (AvgIpc) is 2.63. The van der Waals surface area contributed by atoms with Crippen LogP contribution in [0.5, 0.6) is 0 Å². The number of rotatable bonds is 3. The lowest BCUT2D eigenvalue weighted by atomic mass is 10.1. The van der Waals surface area contributed by atoms with Gasteiger partial charge < -0.3 is 5.32 Å². The molecule has 0 saturated heterocycles. The molecule has 2 aromatic heterocycles. The largest absolute Gasteiger partial charge is 0.349 e. The third-order valence-electron chi connectivity index (χ3n) is 2.19. The molecule has 1 N–H and O–H groups in total. The summed E-state index contributed by atoms with van der Waals surface area (Å²) < 4.78 is 1.59. The van der Waals surface area contributed by atoms with Gasteiger partial charge in [-0.05, 0) is 34.5 Å². The first kappa shape index (κ1) is 9.57. The fraction of sp³-hybridized carbons (Fsp3) is 0.333. The minimum absolute atomic E-state index is 0.659. The van der Waals surface area contributed by atoms with Crippen LogP contribution >= 0.6 is 0 Å². The van der Waals surface area contributed by atoms with E-state index in [4.69, 9.17) is 0 Å². The summed E-state index contributed by atoms with van der Waals surface area (Å²) in [6, 6.07) is 1.98. The van der Waals surface area contributed by atoms with Crippen molar-refractivity contribution < 1.29 is 0 Å². The third-order valence-corrected chi connectivity index (χ3v) is 2.19. The van der Waals surface area contributed by atoms with Gasteiger partial charge in [-0.15, -0.1) is 0 Å². The molecule has 0 radical (unpaired) electrons. The number of hydrogen-bond acceptors (Lipinski definition) is 5. The SMILES string of the molecule is Cc1cnccc1CNc1nnnn1C. The highest BCUT2D eigenvalue weighted by Crippen LogP contribution is 2.07. The third kappa shape index (κ3) is 2.09. The van der Waals surface area contributed by atoms with Gasteiger partial charge >= 0.3 is 0 Å². The lowest BCUT2D eigenvalue weighted by Crippen LogP contribution is -2.06. The van der Waals surface area contributed by atoms with Gasteiger partial charge in [-0.2, -0.15) is 0 Å². The Bertz CT molecular complexity index is 449.